The highest BCUT2D eigenvalue weighted by atomic mass is 16.5. The van der Waals surface area contributed by atoms with Crippen molar-refractivity contribution in [2.75, 3.05) is 27.2 Å². The molecule has 0 atom stereocenters. The standard InChI is InChI=1S/C23H25N3O3/c1-26(2)13-6-14-29-19-11-9-18(10-12-19)16-21-23(28)24-20(22(27)25-21)15-17-7-4-3-5-8-17/h3-5,7-12,15-16H,6,13-14H2,1-2H3,(H,24,28)(H,25,27)/b20-15-,21-16-. The molecule has 0 saturated heterocycles. The van der Waals surface area contributed by atoms with Crippen molar-refractivity contribution in [1.82, 2.24) is 14.9 Å². The highest BCUT2D eigenvalue weighted by molar-refractivity contribution is 5.50. The molecule has 6 nitrogen and oxygen atoms in total. The Kier molecular flexibility index (Phi) is 6.81. The van der Waals surface area contributed by atoms with E-state index in [-0.39, 0.29) is 21.8 Å². The van der Waals surface area contributed by atoms with Gasteiger partial charge < -0.3 is 19.6 Å². The van der Waals surface area contributed by atoms with Gasteiger partial charge in [-0.05, 0) is 55.9 Å². The van der Waals surface area contributed by atoms with Crippen LogP contribution < -0.4 is 26.6 Å². The molecule has 0 radical (unpaired) electrons. The lowest BCUT2D eigenvalue weighted by atomic mass is 10.2. The van der Waals surface area contributed by atoms with Crippen LogP contribution in [0.2, 0.25) is 0 Å². The Balaban J connectivity index is 1.78. The maximum atomic E-state index is 12.4. The highest BCUT2D eigenvalue weighted by Crippen LogP contribution is 2.12. The van der Waals surface area contributed by atoms with Gasteiger partial charge in [0.15, 0.2) is 0 Å². The van der Waals surface area contributed by atoms with Crippen LogP contribution in [0.3, 0.4) is 0 Å². The molecule has 0 bridgehead atoms. The van der Waals surface area contributed by atoms with E-state index in [0.29, 0.717) is 6.61 Å². The van der Waals surface area contributed by atoms with E-state index in [9.17, 15) is 9.59 Å². The first-order valence-corrected chi connectivity index (χ1v) is 9.50. The van der Waals surface area contributed by atoms with Crippen LogP contribution in [0, 0.1) is 0 Å². The second-order valence-corrected chi connectivity index (χ2v) is 7.01. The van der Waals surface area contributed by atoms with Gasteiger partial charge in [0.25, 0.3) is 11.1 Å². The molecule has 29 heavy (non-hydrogen) atoms. The van der Waals surface area contributed by atoms with Crippen LogP contribution in [0.5, 0.6) is 5.75 Å². The summed E-state index contributed by atoms with van der Waals surface area (Å²) in [5, 5.41) is 0.430. The van der Waals surface area contributed by atoms with Gasteiger partial charge in [0.05, 0.1) is 6.61 Å². The molecule has 2 aromatic carbocycles. The van der Waals surface area contributed by atoms with Gasteiger partial charge in [-0.15, -0.1) is 0 Å². The van der Waals surface area contributed by atoms with Crippen LogP contribution in [0.1, 0.15) is 17.5 Å². The summed E-state index contributed by atoms with van der Waals surface area (Å²) < 4.78 is 5.71. The fourth-order valence-corrected chi connectivity index (χ4v) is 2.81. The molecule has 150 valence electrons. The minimum absolute atomic E-state index is 0.208. The number of nitrogens with zero attached hydrogens (tertiary/aromatic N) is 1. The molecular weight excluding hydrogens is 366 g/mol. The van der Waals surface area contributed by atoms with Crippen molar-refractivity contribution < 1.29 is 4.74 Å². The summed E-state index contributed by atoms with van der Waals surface area (Å²) in [6.07, 6.45) is 4.23. The van der Waals surface area contributed by atoms with Gasteiger partial charge >= 0.3 is 0 Å². The molecule has 0 spiro atoms. The van der Waals surface area contributed by atoms with E-state index in [0.717, 1.165) is 29.8 Å². The van der Waals surface area contributed by atoms with Crippen molar-refractivity contribution in [3.05, 3.63) is 97.1 Å². The van der Waals surface area contributed by atoms with Gasteiger partial charge in [-0.2, -0.15) is 0 Å². The molecule has 0 fully saturated rings. The van der Waals surface area contributed by atoms with E-state index < -0.39 is 0 Å². The van der Waals surface area contributed by atoms with Crippen molar-refractivity contribution in [2.24, 2.45) is 0 Å². The number of ether oxygens (including phenoxy) is 1. The zero-order valence-electron chi connectivity index (χ0n) is 16.6. The van der Waals surface area contributed by atoms with Crippen LogP contribution >= 0.6 is 0 Å². The number of rotatable bonds is 7. The number of nitrogens with one attached hydrogen (secondary N) is 2. The molecule has 0 aliphatic carbocycles. The van der Waals surface area contributed by atoms with Crippen molar-refractivity contribution in [1.29, 1.82) is 0 Å². The largest absolute Gasteiger partial charge is 0.494 e. The van der Waals surface area contributed by atoms with E-state index in [2.05, 4.69) is 14.9 Å². The van der Waals surface area contributed by atoms with Crippen molar-refractivity contribution in [3.63, 3.8) is 0 Å². The molecule has 0 unspecified atom stereocenters. The van der Waals surface area contributed by atoms with E-state index in [1.807, 2.05) is 68.7 Å². The summed E-state index contributed by atoms with van der Waals surface area (Å²) in [6.45, 7) is 1.62. The first-order valence-electron chi connectivity index (χ1n) is 9.50. The van der Waals surface area contributed by atoms with E-state index in [1.54, 1.807) is 12.2 Å². The topological polar surface area (TPSA) is 78.2 Å². The van der Waals surface area contributed by atoms with Gasteiger partial charge in [0, 0.05) is 6.54 Å². The third kappa shape index (κ3) is 6.05. The Morgan fingerprint density at radius 3 is 1.93 bits per heavy atom. The molecular formula is C23H25N3O3. The predicted molar refractivity (Wildman–Crippen MR) is 116 cm³/mol. The minimum atomic E-state index is -0.351. The van der Waals surface area contributed by atoms with Gasteiger partial charge in [0.2, 0.25) is 0 Å². The van der Waals surface area contributed by atoms with Crippen LogP contribution in [0.15, 0.2) is 64.2 Å². The van der Waals surface area contributed by atoms with E-state index in [1.165, 1.54) is 0 Å². The van der Waals surface area contributed by atoms with Gasteiger partial charge in [-0.3, -0.25) is 9.59 Å². The maximum absolute atomic E-state index is 12.4. The summed E-state index contributed by atoms with van der Waals surface area (Å²) in [5.74, 6) is 0.774. The number of benzene rings is 2. The summed E-state index contributed by atoms with van der Waals surface area (Å²) in [4.78, 5) is 32.1. The highest BCUT2D eigenvalue weighted by Gasteiger charge is 1.99. The average molecular weight is 391 g/mol. The number of H-pyrrole nitrogens is 2. The zero-order valence-corrected chi connectivity index (χ0v) is 16.6. The summed E-state index contributed by atoms with van der Waals surface area (Å²) in [7, 11) is 4.06. The third-order valence-electron chi connectivity index (χ3n) is 4.31. The maximum Gasteiger partial charge on any atom is 0.272 e. The number of aromatic amines is 2. The monoisotopic (exact) mass is 391 g/mol. The van der Waals surface area contributed by atoms with Crippen LogP contribution in [-0.2, 0) is 0 Å². The van der Waals surface area contributed by atoms with Crippen LogP contribution in [-0.4, -0.2) is 42.1 Å². The Bertz CT molecular complexity index is 1160. The van der Waals surface area contributed by atoms with Crippen LogP contribution in [0.25, 0.3) is 12.2 Å². The lowest BCUT2D eigenvalue weighted by Crippen LogP contribution is -2.46. The summed E-state index contributed by atoms with van der Waals surface area (Å²) in [6, 6.07) is 16.8. The number of hydrogen-bond acceptors (Lipinski definition) is 4. The molecule has 6 heteroatoms. The number of aromatic nitrogens is 2. The lowest BCUT2D eigenvalue weighted by molar-refractivity contribution is 0.281. The smallest absolute Gasteiger partial charge is 0.272 e. The quantitative estimate of drug-likeness (QED) is 0.590. The second kappa shape index (κ2) is 9.71. The van der Waals surface area contributed by atoms with Gasteiger partial charge in [-0.1, -0.05) is 42.5 Å². The molecule has 1 aromatic heterocycles. The average Bonchev–Trinajstić information content (AvgIpc) is 2.71. The predicted octanol–water partition coefficient (Wildman–Crippen LogP) is 1.05. The van der Waals surface area contributed by atoms with E-state index >= 15 is 0 Å². The van der Waals surface area contributed by atoms with E-state index in [4.69, 9.17) is 4.74 Å². The Morgan fingerprint density at radius 1 is 0.828 bits per heavy atom. The normalized spacial score (nSPS) is 12.5. The van der Waals surface area contributed by atoms with Crippen molar-refractivity contribution in [3.8, 4) is 5.75 Å². The van der Waals surface area contributed by atoms with Crippen molar-refractivity contribution >= 4 is 12.2 Å². The Labute approximate surface area is 168 Å². The zero-order chi connectivity index (χ0) is 20.6. The second-order valence-electron chi connectivity index (χ2n) is 7.01. The third-order valence-corrected chi connectivity index (χ3v) is 4.31. The lowest BCUT2D eigenvalue weighted by Gasteiger charge is -2.10. The summed E-state index contributed by atoms with van der Waals surface area (Å²) >= 11 is 0. The fourth-order valence-electron chi connectivity index (χ4n) is 2.81. The first kappa shape index (κ1) is 20.4. The molecule has 3 rings (SSSR count). The molecule has 3 aromatic rings. The molecule has 0 aliphatic heterocycles. The Hall–Kier alpha value is -3.38. The SMILES string of the molecule is CN(C)CCCOc1ccc(/C=c2\[nH]c(=O)/c(=C/c3ccccc3)[nH]c2=O)cc1. The Morgan fingerprint density at radius 2 is 1.38 bits per heavy atom. The fraction of sp³-hybridized carbons (Fsp3) is 0.217. The van der Waals surface area contributed by atoms with Gasteiger partial charge in [-0.25, -0.2) is 0 Å². The summed E-state index contributed by atoms with van der Waals surface area (Å²) in [5.41, 5.74) is 0.939. The molecule has 2 N–H and O–H groups in total. The van der Waals surface area contributed by atoms with Crippen molar-refractivity contribution in [2.45, 2.75) is 6.42 Å². The van der Waals surface area contributed by atoms with Crippen LogP contribution in [0.4, 0.5) is 0 Å². The molecule has 1 heterocycles. The first-order chi connectivity index (χ1) is 14.0. The van der Waals surface area contributed by atoms with Gasteiger partial charge in [0.1, 0.15) is 16.4 Å². The minimum Gasteiger partial charge on any atom is -0.494 e. The molecule has 0 amide bonds. The molecule has 0 saturated carbocycles. The molecule has 0 aliphatic rings. The number of hydrogen-bond donors (Lipinski definition) is 2.